The molecule has 0 saturated heterocycles. The summed E-state index contributed by atoms with van der Waals surface area (Å²) in [5.74, 6) is -0.321. The van der Waals surface area contributed by atoms with Gasteiger partial charge in [0.2, 0.25) is 17.6 Å². The summed E-state index contributed by atoms with van der Waals surface area (Å²) in [6.07, 6.45) is 0. The summed E-state index contributed by atoms with van der Waals surface area (Å²) >= 11 is 3.28. The Morgan fingerprint density at radius 3 is 3.05 bits per heavy atom. The van der Waals surface area contributed by atoms with Gasteiger partial charge < -0.3 is 10.3 Å². The number of benzene rings is 1. The summed E-state index contributed by atoms with van der Waals surface area (Å²) in [6.45, 7) is 0.226. The van der Waals surface area contributed by atoms with Gasteiger partial charge >= 0.3 is 0 Å². The van der Waals surface area contributed by atoms with E-state index in [-0.39, 0.29) is 24.8 Å². The number of hydrogen-bond acceptors (Lipinski definition) is 5. The van der Waals surface area contributed by atoms with Gasteiger partial charge in [0, 0.05) is 10.0 Å². The fourth-order valence-electron chi connectivity index (χ4n) is 1.40. The number of nitrogens with zero attached hydrogens (tertiary/aromatic N) is 2. The monoisotopic (exact) mass is 328 g/mol. The summed E-state index contributed by atoms with van der Waals surface area (Å²) in [4.78, 5) is 14.6. The highest BCUT2D eigenvalue weighted by molar-refractivity contribution is 9.10. The van der Waals surface area contributed by atoms with Crippen molar-refractivity contribution in [2.75, 3.05) is 6.54 Å². The highest BCUT2D eigenvalue weighted by atomic mass is 79.9. The zero-order chi connectivity index (χ0) is 13.8. The lowest BCUT2D eigenvalue weighted by Crippen LogP contribution is -2.28. The molecule has 0 aliphatic heterocycles. The molecule has 0 aliphatic rings. The number of aromatic nitrogens is 2. The molecule has 0 radical (unpaired) electrons. The molecule has 1 heterocycles. The van der Waals surface area contributed by atoms with Gasteiger partial charge in [-0.25, -0.2) is 4.39 Å². The molecular formula is C11H10BrFN4O2. The SMILES string of the molecule is NC(=O)CNCc1nc(-c2cc(F)ccc2Br)no1. The van der Waals surface area contributed by atoms with Gasteiger partial charge in [0.25, 0.3) is 0 Å². The van der Waals surface area contributed by atoms with Crippen molar-refractivity contribution in [2.45, 2.75) is 6.54 Å². The molecule has 0 aliphatic carbocycles. The van der Waals surface area contributed by atoms with Gasteiger partial charge in [-0.1, -0.05) is 21.1 Å². The standard InChI is InChI=1S/C11H10BrFN4O2/c12-8-2-1-6(13)3-7(8)11-16-10(19-17-11)5-15-4-9(14)18/h1-3,15H,4-5H2,(H2,14,18). The molecule has 2 aromatic rings. The number of carbonyl (C=O) groups is 1. The van der Waals surface area contributed by atoms with E-state index >= 15 is 0 Å². The van der Waals surface area contributed by atoms with E-state index in [4.69, 9.17) is 10.3 Å². The van der Waals surface area contributed by atoms with Crippen molar-refractivity contribution >= 4 is 21.8 Å². The Balaban J connectivity index is 2.12. The number of rotatable bonds is 5. The van der Waals surface area contributed by atoms with Crippen molar-refractivity contribution in [2.24, 2.45) is 5.73 Å². The summed E-state index contributed by atoms with van der Waals surface area (Å²) in [6, 6.07) is 4.19. The maximum absolute atomic E-state index is 13.2. The summed E-state index contributed by atoms with van der Waals surface area (Å²) in [5, 5.41) is 6.48. The Morgan fingerprint density at radius 1 is 1.53 bits per heavy atom. The quantitative estimate of drug-likeness (QED) is 0.860. The Labute approximate surface area is 116 Å². The van der Waals surface area contributed by atoms with Crippen LogP contribution in [0.2, 0.25) is 0 Å². The molecule has 100 valence electrons. The van der Waals surface area contributed by atoms with Crippen LogP contribution in [0.5, 0.6) is 0 Å². The average Bonchev–Trinajstić information content (AvgIpc) is 2.80. The molecule has 0 bridgehead atoms. The topological polar surface area (TPSA) is 94.0 Å². The second-order valence-corrected chi connectivity index (χ2v) is 4.56. The number of nitrogens with one attached hydrogen (secondary N) is 1. The number of hydrogen-bond donors (Lipinski definition) is 2. The van der Waals surface area contributed by atoms with E-state index in [0.717, 1.165) is 0 Å². The fourth-order valence-corrected chi connectivity index (χ4v) is 1.82. The van der Waals surface area contributed by atoms with Crippen molar-refractivity contribution in [3.63, 3.8) is 0 Å². The molecule has 1 aromatic heterocycles. The molecule has 3 N–H and O–H groups in total. The molecule has 1 aromatic carbocycles. The molecule has 8 heteroatoms. The second kappa shape index (κ2) is 5.89. The minimum absolute atomic E-state index is 0.0153. The average molecular weight is 329 g/mol. The lowest BCUT2D eigenvalue weighted by Gasteiger charge is -1.98. The largest absolute Gasteiger partial charge is 0.369 e. The zero-order valence-corrected chi connectivity index (χ0v) is 11.3. The molecule has 0 atom stereocenters. The van der Waals surface area contributed by atoms with E-state index in [0.29, 0.717) is 10.0 Å². The first-order valence-electron chi connectivity index (χ1n) is 5.33. The first-order valence-corrected chi connectivity index (χ1v) is 6.12. The molecule has 6 nitrogen and oxygen atoms in total. The summed E-state index contributed by atoms with van der Waals surface area (Å²) in [5.41, 5.74) is 5.46. The number of carbonyl (C=O) groups excluding carboxylic acids is 1. The van der Waals surface area contributed by atoms with E-state index in [1.165, 1.54) is 12.1 Å². The van der Waals surface area contributed by atoms with E-state index in [1.807, 2.05) is 0 Å². The lowest BCUT2D eigenvalue weighted by molar-refractivity contribution is -0.117. The smallest absolute Gasteiger partial charge is 0.240 e. The van der Waals surface area contributed by atoms with Crippen LogP contribution in [0.1, 0.15) is 5.89 Å². The van der Waals surface area contributed by atoms with Gasteiger partial charge in [0.15, 0.2) is 0 Å². The molecule has 2 rings (SSSR count). The molecule has 1 amide bonds. The predicted molar refractivity (Wildman–Crippen MR) is 68.3 cm³/mol. The molecule has 0 unspecified atom stereocenters. The maximum atomic E-state index is 13.2. The van der Waals surface area contributed by atoms with Crippen LogP contribution in [0.4, 0.5) is 4.39 Å². The van der Waals surface area contributed by atoms with Crippen LogP contribution in [0.15, 0.2) is 27.2 Å². The second-order valence-electron chi connectivity index (χ2n) is 3.71. The number of primary amides is 1. The molecule has 0 fully saturated rings. The molecule has 0 spiro atoms. The minimum Gasteiger partial charge on any atom is -0.369 e. The van der Waals surface area contributed by atoms with Crippen molar-refractivity contribution in [1.29, 1.82) is 0 Å². The number of halogens is 2. The van der Waals surface area contributed by atoms with Crippen LogP contribution in [-0.2, 0) is 11.3 Å². The summed E-state index contributed by atoms with van der Waals surface area (Å²) < 4.78 is 18.8. The third-order valence-corrected chi connectivity index (χ3v) is 2.90. The minimum atomic E-state index is -0.479. The lowest BCUT2D eigenvalue weighted by atomic mass is 10.2. The first kappa shape index (κ1) is 13.6. The zero-order valence-electron chi connectivity index (χ0n) is 9.69. The van der Waals surface area contributed by atoms with Gasteiger partial charge in [-0.3, -0.25) is 10.1 Å². The predicted octanol–water partition coefficient (Wildman–Crippen LogP) is 1.21. The van der Waals surface area contributed by atoms with Crippen molar-refractivity contribution < 1.29 is 13.7 Å². The third-order valence-electron chi connectivity index (χ3n) is 2.21. The normalized spacial score (nSPS) is 10.6. The van der Waals surface area contributed by atoms with Gasteiger partial charge in [0.1, 0.15) is 5.82 Å². The highest BCUT2D eigenvalue weighted by Crippen LogP contribution is 2.26. The first-order chi connectivity index (χ1) is 9.06. The molecular weight excluding hydrogens is 319 g/mol. The number of amides is 1. The van der Waals surface area contributed by atoms with Crippen LogP contribution in [-0.4, -0.2) is 22.6 Å². The van der Waals surface area contributed by atoms with E-state index in [2.05, 4.69) is 31.4 Å². The Hall–Kier alpha value is -1.80. The van der Waals surface area contributed by atoms with Gasteiger partial charge in [-0.2, -0.15) is 4.98 Å². The van der Waals surface area contributed by atoms with Gasteiger partial charge in [-0.05, 0) is 18.2 Å². The third kappa shape index (κ3) is 3.58. The van der Waals surface area contributed by atoms with Crippen molar-refractivity contribution in [3.8, 4) is 11.4 Å². The molecule has 0 saturated carbocycles. The van der Waals surface area contributed by atoms with Crippen molar-refractivity contribution in [1.82, 2.24) is 15.5 Å². The Bertz CT molecular complexity index is 602. The Morgan fingerprint density at radius 2 is 2.32 bits per heavy atom. The van der Waals surface area contributed by atoms with E-state index < -0.39 is 11.7 Å². The van der Waals surface area contributed by atoms with Gasteiger partial charge in [0.05, 0.1) is 13.1 Å². The van der Waals surface area contributed by atoms with E-state index in [1.54, 1.807) is 6.07 Å². The van der Waals surface area contributed by atoms with Crippen LogP contribution in [0.3, 0.4) is 0 Å². The number of nitrogens with two attached hydrogens (primary N) is 1. The Kier molecular flexibility index (Phi) is 4.23. The highest BCUT2D eigenvalue weighted by Gasteiger charge is 2.12. The van der Waals surface area contributed by atoms with Crippen LogP contribution >= 0.6 is 15.9 Å². The maximum Gasteiger partial charge on any atom is 0.240 e. The fraction of sp³-hybridized carbons (Fsp3) is 0.182. The van der Waals surface area contributed by atoms with Crippen LogP contribution in [0, 0.1) is 5.82 Å². The van der Waals surface area contributed by atoms with Crippen LogP contribution < -0.4 is 11.1 Å². The van der Waals surface area contributed by atoms with Gasteiger partial charge in [-0.15, -0.1) is 0 Å². The molecule has 19 heavy (non-hydrogen) atoms. The van der Waals surface area contributed by atoms with Crippen molar-refractivity contribution in [3.05, 3.63) is 34.4 Å². The summed E-state index contributed by atoms with van der Waals surface area (Å²) in [7, 11) is 0. The van der Waals surface area contributed by atoms with Crippen LogP contribution in [0.25, 0.3) is 11.4 Å². The van der Waals surface area contributed by atoms with E-state index in [9.17, 15) is 9.18 Å².